The van der Waals surface area contributed by atoms with E-state index in [1.165, 1.54) is 25.7 Å². The molecule has 1 aliphatic heterocycles. The van der Waals surface area contributed by atoms with Crippen LogP contribution in [-0.2, 0) is 9.53 Å². The minimum Gasteiger partial charge on any atom is -0.464 e. The van der Waals surface area contributed by atoms with Gasteiger partial charge in [-0.2, -0.15) is 0 Å². The van der Waals surface area contributed by atoms with Gasteiger partial charge in [0.1, 0.15) is 6.04 Å². The topological polar surface area (TPSA) is 41.6 Å². The maximum Gasteiger partial charge on any atom is 0.323 e. The molecule has 1 unspecified atom stereocenters. The molecule has 0 spiro atoms. The molecule has 1 saturated heterocycles. The van der Waals surface area contributed by atoms with Gasteiger partial charge in [0, 0.05) is 18.0 Å². The van der Waals surface area contributed by atoms with Crippen LogP contribution >= 0.6 is 0 Å². The summed E-state index contributed by atoms with van der Waals surface area (Å²) >= 11 is 0. The zero-order chi connectivity index (χ0) is 14.8. The van der Waals surface area contributed by atoms with E-state index in [2.05, 4.69) is 24.1 Å². The lowest BCUT2D eigenvalue weighted by Crippen LogP contribution is -2.40. The summed E-state index contributed by atoms with van der Waals surface area (Å²) in [6.45, 7) is 5.70. The van der Waals surface area contributed by atoms with Gasteiger partial charge in [0.25, 0.3) is 0 Å². The van der Waals surface area contributed by atoms with Gasteiger partial charge in [-0.3, -0.25) is 4.79 Å². The molecule has 2 rings (SSSR count). The first-order chi connectivity index (χ1) is 9.37. The van der Waals surface area contributed by atoms with E-state index >= 15 is 0 Å². The molecule has 2 aliphatic rings. The van der Waals surface area contributed by atoms with E-state index in [1.54, 1.807) is 0 Å². The lowest BCUT2D eigenvalue weighted by molar-refractivity contribution is -0.149. The van der Waals surface area contributed by atoms with Gasteiger partial charge in [-0.1, -0.05) is 26.7 Å². The van der Waals surface area contributed by atoms with E-state index in [-0.39, 0.29) is 17.4 Å². The third-order valence-corrected chi connectivity index (χ3v) is 4.50. The van der Waals surface area contributed by atoms with Crippen LogP contribution in [0.2, 0.25) is 0 Å². The highest BCUT2D eigenvalue weighted by Gasteiger charge is 2.39. The molecule has 20 heavy (non-hydrogen) atoms. The average Bonchev–Trinajstić information content (AvgIpc) is 2.78. The fourth-order valence-electron chi connectivity index (χ4n) is 3.77. The largest absolute Gasteiger partial charge is 0.464 e. The van der Waals surface area contributed by atoms with E-state index in [0.717, 1.165) is 13.0 Å². The zero-order valence-corrected chi connectivity index (χ0v) is 13.4. The van der Waals surface area contributed by atoms with Crippen LogP contribution in [0, 0.1) is 11.3 Å². The second-order valence-corrected chi connectivity index (χ2v) is 7.62. The third-order valence-electron chi connectivity index (χ3n) is 4.50. The molecule has 1 aliphatic carbocycles. The number of carbonyl (C=O) groups excluding carboxylic acids is 1. The number of esters is 1. The minimum atomic E-state index is -0.0711. The van der Waals surface area contributed by atoms with E-state index in [1.807, 2.05) is 14.1 Å². The molecular formula is C16H30N2O2. The van der Waals surface area contributed by atoms with Gasteiger partial charge < -0.3 is 15.0 Å². The van der Waals surface area contributed by atoms with Gasteiger partial charge >= 0.3 is 5.97 Å². The average molecular weight is 282 g/mol. The van der Waals surface area contributed by atoms with E-state index < -0.39 is 0 Å². The van der Waals surface area contributed by atoms with Crippen molar-refractivity contribution in [1.29, 1.82) is 0 Å². The molecule has 2 fully saturated rings. The van der Waals surface area contributed by atoms with Gasteiger partial charge in [-0.25, -0.2) is 0 Å². The van der Waals surface area contributed by atoms with Crippen molar-refractivity contribution < 1.29 is 9.53 Å². The van der Waals surface area contributed by atoms with Crippen molar-refractivity contribution in [2.45, 2.75) is 58.0 Å². The molecule has 3 atom stereocenters. The summed E-state index contributed by atoms with van der Waals surface area (Å²) < 4.78 is 5.57. The second kappa shape index (κ2) is 6.44. The van der Waals surface area contributed by atoms with Crippen LogP contribution in [0.3, 0.4) is 0 Å². The molecule has 0 aromatic carbocycles. The minimum absolute atomic E-state index is 0.00449. The van der Waals surface area contributed by atoms with E-state index in [9.17, 15) is 4.79 Å². The summed E-state index contributed by atoms with van der Waals surface area (Å²) in [5, 5.41) is 3.48. The predicted molar refractivity (Wildman–Crippen MR) is 80.6 cm³/mol. The summed E-state index contributed by atoms with van der Waals surface area (Å²) in [5.41, 5.74) is 0.00449. The number of nitrogens with zero attached hydrogens (tertiary/aromatic N) is 1. The SMILES string of the molecule is CN(C)CC(C)(C)COC(=O)C1C[C@@H]2CCCC[C@@H]2N1. The molecule has 0 radical (unpaired) electrons. The van der Waals surface area contributed by atoms with Crippen molar-refractivity contribution in [3.63, 3.8) is 0 Å². The Morgan fingerprint density at radius 1 is 1.30 bits per heavy atom. The highest BCUT2D eigenvalue weighted by atomic mass is 16.5. The van der Waals surface area contributed by atoms with Crippen molar-refractivity contribution >= 4 is 5.97 Å². The normalized spacial score (nSPS) is 30.4. The van der Waals surface area contributed by atoms with Gasteiger partial charge in [-0.15, -0.1) is 0 Å². The molecule has 1 heterocycles. The highest BCUT2D eigenvalue weighted by Crippen LogP contribution is 2.33. The molecule has 0 aromatic heterocycles. The fourth-order valence-corrected chi connectivity index (χ4v) is 3.77. The lowest BCUT2D eigenvalue weighted by atomic mass is 9.85. The predicted octanol–water partition coefficient (Wildman–Crippen LogP) is 2.04. The van der Waals surface area contributed by atoms with Crippen molar-refractivity contribution in [3.05, 3.63) is 0 Å². The standard InChI is InChI=1S/C16H30N2O2/c1-16(2,10-18(3)4)11-20-15(19)14-9-12-7-5-6-8-13(12)17-14/h12-14,17H,5-11H2,1-4H3/t12-,13-,14?/m0/s1. The van der Waals surface area contributed by atoms with E-state index in [0.29, 0.717) is 18.6 Å². The van der Waals surface area contributed by atoms with Crippen LogP contribution < -0.4 is 5.32 Å². The first kappa shape index (κ1) is 15.8. The molecule has 116 valence electrons. The molecule has 1 saturated carbocycles. The highest BCUT2D eigenvalue weighted by molar-refractivity contribution is 5.76. The van der Waals surface area contributed by atoms with Crippen LogP contribution in [0.4, 0.5) is 0 Å². The van der Waals surface area contributed by atoms with Gasteiger partial charge in [0.05, 0.1) is 6.61 Å². The lowest BCUT2D eigenvalue weighted by Gasteiger charge is -2.28. The Morgan fingerprint density at radius 3 is 2.65 bits per heavy atom. The summed E-state index contributed by atoms with van der Waals surface area (Å²) in [7, 11) is 4.10. The molecule has 0 bridgehead atoms. The van der Waals surface area contributed by atoms with E-state index in [4.69, 9.17) is 4.74 Å². The molecular weight excluding hydrogens is 252 g/mol. The number of hydrogen-bond donors (Lipinski definition) is 1. The van der Waals surface area contributed by atoms with Gasteiger partial charge in [0.15, 0.2) is 0 Å². The van der Waals surface area contributed by atoms with Crippen LogP contribution in [0.5, 0.6) is 0 Å². The smallest absolute Gasteiger partial charge is 0.323 e. The summed E-state index contributed by atoms with van der Waals surface area (Å²) in [4.78, 5) is 14.4. The van der Waals surface area contributed by atoms with Crippen LogP contribution in [-0.4, -0.2) is 50.2 Å². The monoisotopic (exact) mass is 282 g/mol. The Labute approximate surface area is 123 Å². The number of ether oxygens (including phenoxy) is 1. The molecule has 4 nitrogen and oxygen atoms in total. The maximum atomic E-state index is 12.2. The quantitative estimate of drug-likeness (QED) is 0.784. The van der Waals surface area contributed by atoms with Crippen LogP contribution in [0.1, 0.15) is 46.0 Å². The van der Waals surface area contributed by atoms with Crippen LogP contribution in [0.25, 0.3) is 0 Å². The number of fused-ring (bicyclic) bond motifs is 1. The zero-order valence-electron chi connectivity index (χ0n) is 13.4. The first-order valence-corrected chi connectivity index (χ1v) is 7.95. The second-order valence-electron chi connectivity index (χ2n) is 7.62. The maximum absolute atomic E-state index is 12.2. The fraction of sp³-hybridized carbons (Fsp3) is 0.938. The number of rotatable bonds is 5. The van der Waals surface area contributed by atoms with Crippen molar-refractivity contribution in [2.24, 2.45) is 11.3 Å². The molecule has 0 amide bonds. The Morgan fingerprint density at radius 2 is 2.00 bits per heavy atom. The molecule has 4 heteroatoms. The Bertz CT molecular complexity index is 327. The third kappa shape index (κ3) is 4.19. The Kier molecular flexibility index (Phi) is 5.08. The summed E-state index contributed by atoms with van der Waals surface area (Å²) in [6.07, 6.45) is 6.08. The summed E-state index contributed by atoms with van der Waals surface area (Å²) in [6, 6.07) is 0.481. The summed E-state index contributed by atoms with van der Waals surface area (Å²) in [5.74, 6) is 0.641. The number of nitrogens with one attached hydrogen (secondary N) is 1. The number of hydrogen-bond acceptors (Lipinski definition) is 4. The van der Waals surface area contributed by atoms with Gasteiger partial charge in [0.2, 0.25) is 0 Å². The Balaban J connectivity index is 1.78. The van der Waals surface area contributed by atoms with Crippen LogP contribution in [0.15, 0.2) is 0 Å². The Hall–Kier alpha value is -0.610. The van der Waals surface area contributed by atoms with Crippen molar-refractivity contribution in [3.8, 4) is 0 Å². The number of carbonyl (C=O) groups is 1. The van der Waals surface area contributed by atoms with Crippen molar-refractivity contribution in [1.82, 2.24) is 10.2 Å². The first-order valence-electron chi connectivity index (χ1n) is 7.95. The molecule has 1 N–H and O–H groups in total. The van der Waals surface area contributed by atoms with Crippen molar-refractivity contribution in [2.75, 3.05) is 27.2 Å². The molecule has 0 aromatic rings. The van der Waals surface area contributed by atoms with Gasteiger partial charge in [-0.05, 0) is 39.3 Å².